The highest BCUT2D eigenvalue weighted by Crippen LogP contribution is 2.02. The number of carbonyl (C=O) groups is 1. The van der Waals surface area contributed by atoms with Crippen LogP contribution in [-0.4, -0.2) is 27.4 Å². The van der Waals surface area contributed by atoms with Gasteiger partial charge in [-0.25, -0.2) is 4.68 Å². The first-order valence-electron chi connectivity index (χ1n) is 4.55. The highest BCUT2D eigenvalue weighted by Gasteiger charge is 2.07. The lowest BCUT2D eigenvalue weighted by atomic mass is 10.3. The largest absolute Gasteiger partial charge is 0.355 e. The van der Waals surface area contributed by atoms with E-state index < -0.39 is 0 Å². The summed E-state index contributed by atoms with van der Waals surface area (Å²) in [6.45, 7) is 4.49. The molecule has 0 bridgehead atoms. The predicted molar refractivity (Wildman–Crippen MR) is 51.3 cm³/mol. The number of amides is 1. The molecule has 0 aliphatic heterocycles. The summed E-state index contributed by atoms with van der Waals surface area (Å²) >= 11 is 0. The molecule has 3 N–H and O–H groups in total. The van der Waals surface area contributed by atoms with Gasteiger partial charge in [0.1, 0.15) is 6.54 Å². The zero-order valence-electron chi connectivity index (χ0n) is 8.40. The Morgan fingerprint density at radius 2 is 2.50 bits per heavy atom. The van der Waals surface area contributed by atoms with Gasteiger partial charge in [0, 0.05) is 12.6 Å². The summed E-state index contributed by atoms with van der Waals surface area (Å²) in [6, 6.07) is -0.155. The van der Waals surface area contributed by atoms with Gasteiger partial charge in [-0.15, -0.1) is 5.10 Å². The molecule has 0 fully saturated rings. The predicted octanol–water partition coefficient (Wildman–Crippen LogP) is -0.566. The Hall–Kier alpha value is -1.43. The van der Waals surface area contributed by atoms with Crippen LogP contribution in [0.4, 0.5) is 0 Å². The molecule has 6 heteroatoms. The average Bonchev–Trinajstić information content (AvgIpc) is 2.53. The fourth-order valence-corrected chi connectivity index (χ4v) is 1.000. The van der Waals surface area contributed by atoms with Crippen molar-refractivity contribution in [3.8, 4) is 0 Å². The van der Waals surface area contributed by atoms with E-state index in [2.05, 4.69) is 15.6 Å². The topological polar surface area (TPSA) is 85.8 Å². The van der Waals surface area contributed by atoms with Gasteiger partial charge in [-0.05, 0) is 13.8 Å². The summed E-state index contributed by atoms with van der Waals surface area (Å²) in [7, 11) is 0. The van der Waals surface area contributed by atoms with Crippen molar-refractivity contribution in [2.75, 3.05) is 6.54 Å². The number of hydrogen-bond acceptors (Lipinski definition) is 4. The monoisotopic (exact) mass is 197 g/mol. The number of nitrogens with two attached hydrogens (primary N) is 1. The molecule has 1 aromatic rings. The van der Waals surface area contributed by atoms with E-state index in [1.165, 1.54) is 4.68 Å². The van der Waals surface area contributed by atoms with E-state index in [0.29, 0.717) is 12.2 Å². The van der Waals surface area contributed by atoms with Crippen molar-refractivity contribution in [1.29, 1.82) is 0 Å². The Bertz CT molecular complexity index is 306. The van der Waals surface area contributed by atoms with Crippen molar-refractivity contribution in [3.05, 3.63) is 11.9 Å². The zero-order valence-corrected chi connectivity index (χ0v) is 8.40. The van der Waals surface area contributed by atoms with Gasteiger partial charge in [-0.1, -0.05) is 5.21 Å². The highest BCUT2D eigenvalue weighted by atomic mass is 16.2. The molecule has 0 saturated carbocycles. The van der Waals surface area contributed by atoms with Crippen LogP contribution in [0, 0.1) is 0 Å². The van der Waals surface area contributed by atoms with Gasteiger partial charge in [0.15, 0.2) is 0 Å². The Labute approximate surface area is 82.5 Å². The van der Waals surface area contributed by atoms with E-state index in [4.69, 9.17) is 5.73 Å². The molecule has 1 rings (SSSR count). The molecule has 1 aromatic heterocycles. The Kier molecular flexibility index (Phi) is 3.58. The molecule has 14 heavy (non-hydrogen) atoms. The van der Waals surface area contributed by atoms with Crippen molar-refractivity contribution in [2.24, 2.45) is 5.73 Å². The molecule has 1 unspecified atom stereocenters. The number of likely N-dealkylation sites (N-methyl/N-ethyl adjacent to an activating group) is 1. The standard InChI is InChI=1S/C8H15N5O/c1-3-10-8(14)5-13-4-7(6(2)9)11-12-13/h4,6H,3,5,9H2,1-2H3,(H,10,14). The van der Waals surface area contributed by atoms with Gasteiger partial charge >= 0.3 is 0 Å². The molecular weight excluding hydrogens is 182 g/mol. The molecule has 0 aromatic carbocycles. The second-order valence-corrected chi connectivity index (χ2v) is 3.08. The second-order valence-electron chi connectivity index (χ2n) is 3.08. The third-order valence-electron chi connectivity index (χ3n) is 1.70. The van der Waals surface area contributed by atoms with E-state index >= 15 is 0 Å². The maximum absolute atomic E-state index is 11.2. The van der Waals surface area contributed by atoms with E-state index in [1.54, 1.807) is 6.20 Å². The minimum atomic E-state index is -0.155. The molecule has 6 nitrogen and oxygen atoms in total. The lowest BCUT2D eigenvalue weighted by Crippen LogP contribution is -2.27. The van der Waals surface area contributed by atoms with Crippen LogP contribution in [0.5, 0.6) is 0 Å². The minimum absolute atomic E-state index is 0.0753. The van der Waals surface area contributed by atoms with Crippen LogP contribution in [-0.2, 0) is 11.3 Å². The summed E-state index contributed by atoms with van der Waals surface area (Å²) in [5.74, 6) is -0.0753. The van der Waals surface area contributed by atoms with Crippen molar-refractivity contribution in [2.45, 2.75) is 26.4 Å². The molecule has 0 radical (unpaired) electrons. The fourth-order valence-electron chi connectivity index (χ4n) is 1.000. The molecule has 0 spiro atoms. The summed E-state index contributed by atoms with van der Waals surface area (Å²) < 4.78 is 1.48. The Balaban J connectivity index is 2.55. The first-order chi connectivity index (χ1) is 6.63. The Morgan fingerprint density at radius 3 is 3.00 bits per heavy atom. The van der Waals surface area contributed by atoms with Crippen LogP contribution < -0.4 is 11.1 Å². The Morgan fingerprint density at radius 1 is 1.79 bits per heavy atom. The van der Waals surface area contributed by atoms with Gasteiger partial charge in [-0.2, -0.15) is 0 Å². The first kappa shape index (κ1) is 10.6. The lowest BCUT2D eigenvalue weighted by molar-refractivity contribution is -0.121. The van der Waals surface area contributed by atoms with E-state index in [-0.39, 0.29) is 18.5 Å². The van der Waals surface area contributed by atoms with Gasteiger partial charge in [0.25, 0.3) is 0 Å². The van der Waals surface area contributed by atoms with Crippen LogP contribution in [0.25, 0.3) is 0 Å². The van der Waals surface area contributed by atoms with Crippen molar-refractivity contribution >= 4 is 5.91 Å². The molecule has 0 saturated heterocycles. The maximum atomic E-state index is 11.2. The van der Waals surface area contributed by atoms with Gasteiger partial charge < -0.3 is 11.1 Å². The number of hydrogen-bond donors (Lipinski definition) is 2. The van der Waals surface area contributed by atoms with Gasteiger partial charge in [0.05, 0.1) is 11.9 Å². The van der Waals surface area contributed by atoms with E-state index in [9.17, 15) is 4.79 Å². The summed E-state index contributed by atoms with van der Waals surface area (Å²) in [5.41, 5.74) is 6.29. The number of rotatable bonds is 4. The fraction of sp³-hybridized carbons (Fsp3) is 0.625. The van der Waals surface area contributed by atoms with Crippen LogP contribution in [0.3, 0.4) is 0 Å². The van der Waals surface area contributed by atoms with Gasteiger partial charge in [-0.3, -0.25) is 4.79 Å². The molecular formula is C8H15N5O. The van der Waals surface area contributed by atoms with E-state index in [0.717, 1.165) is 0 Å². The quantitative estimate of drug-likeness (QED) is 0.677. The van der Waals surface area contributed by atoms with Crippen molar-refractivity contribution in [1.82, 2.24) is 20.3 Å². The second kappa shape index (κ2) is 4.71. The summed E-state index contributed by atoms with van der Waals surface area (Å²) in [4.78, 5) is 11.2. The third-order valence-corrected chi connectivity index (χ3v) is 1.70. The van der Waals surface area contributed by atoms with Crippen LogP contribution in [0.15, 0.2) is 6.20 Å². The van der Waals surface area contributed by atoms with Crippen molar-refractivity contribution in [3.63, 3.8) is 0 Å². The molecule has 0 aliphatic carbocycles. The first-order valence-corrected chi connectivity index (χ1v) is 4.55. The molecule has 1 heterocycles. The van der Waals surface area contributed by atoms with E-state index in [1.807, 2.05) is 13.8 Å². The molecule has 78 valence electrons. The summed E-state index contributed by atoms with van der Waals surface area (Å²) in [6.07, 6.45) is 1.68. The lowest BCUT2D eigenvalue weighted by Gasteiger charge is -2.00. The summed E-state index contributed by atoms with van der Waals surface area (Å²) in [5, 5.41) is 10.3. The van der Waals surface area contributed by atoms with Crippen LogP contribution in [0.2, 0.25) is 0 Å². The smallest absolute Gasteiger partial charge is 0.241 e. The number of nitrogens with zero attached hydrogens (tertiary/aromatic N) is 3. The minimum Gasteiger partial charge on any atom is -0.355 e. The normalized spacial score (nSPS) is 12.5. The third kappa shape index (κ3) is 2.81. The zero-order chi connectivity index (χ0) is 10.6. The molecule has 1 atom stereocenters. The van der Waals surface area contributed by atoms with Gasteiger partial charge in [0.2, 0.25) is 5.91 Å². The van der Waals surface area contributed by atoms with Crippen molar-refractivity contribution < 1.29 is 4.79 Å². The highest BCUT2D eigenvalue weighted by molar-refractivity contribution is 5.75. The molecule has 0 aliphatic rings. The maximum Gasteiger partial charge on any atom is 0.241 e. The SMILES string of the molecule is CCNC(=O)Cn1cc(C(C)N)nn1. The number of aromatic nitrogens is 3. The molecule has 1 amide bonds. The van der Waals surface area contributed by atoms with Crippen LogP contribution >= 0.6 is 0 Å². The average molecular weight is 197 g/mol. The number of carbonyl (C=O) groups excluding carboxylic acids is 1. The van der Waals surface area contributed by atoms with Crippen LogP contribution in [0.1, 0.15) is 25.6 Å². The number of nitrogens with one attached hydrogen (secondary N) is 1.